The average molecular weight is 466 g/mol. The van der Waals surface area contributed by atoms with Crippen molar-refractivity contribution in [3.05, 3.63) is 9.15 Å². The molecule has 0 aromatic carbocycles. The molecule has 0 fully saturated rings. The summed E-state index contributed by atoms with van der Waals surface area (Å²) >= 11 is 0.542. The Bertz CT molecular complexity index is 250. The molecule has 90 valence electrons. The summed E-state index contributed by atoms with van der Waals surface area (Å²) in [6, 6.07) is 0. The van der Waals surface area contributed by atoms with Crippen LogP contribution < -0.4 is 0 Å². The molecule has 15 heavy (non-hydrogen) atoms. The molecule has 0 radical (unpaired) electrons. The highest BCUT2D eigenvalue weighted by Gasteiger charge is 2.55. The van der Waals surface area contributed by atoms with Crippen LogP contribution in [0, 0.1) is 0 Å². The van der Waals surface area contributed by atoms with Gasteiger partial charge in [-0.3, -0.25) is 0 Å². The predicted molar refractivity (Wildman–Crippen MR) is 52.1 cm³/mol. The summed E-state index contributed by atoms with van der Waals surface area (Å²) in [6.45, 7) is 0. The molecule has 10 heteroatoms. The van der Waals surface area contributed by atoms with Crippen molar-refractivity contribution in [1.29, 1.82) is 0 Å². The van der Waals surface area contributed by atoms with Crippen molar-refractivity contribution in [3.8, 4) is 0 Å². The van der Waals surface area contributed by atoms with Crippen molar-refractivity contribution in [2.24, 2.45) is 0 Å². The van der Waals surface area contributed by atoms with Crippen molar-refractivity contribution in [2.75, 3.05) is 0 Å². The van der Waals surface area contributed by atoms with Gasteiger partial charge in [-0.1, -0.05) is 0 Å². The minimum atomic E-state index is -5.86. The standard InChI is InChI=1S/C5F8I2/c6-3(7,8)1(4(9,10)11)2(14)5(12,13)15. The molecule has 0 amide bonds. The smallest absolute Gasteiger partial charge is 0.189 e. The first-order valence-electron chi connectivity index (χ1n) is 2.89. The number of hydrogen-bond donors (Lipinski definition) is 0. The van der Waals surface area contributed by atoms with Gasteiger partial charge >= 0.3 is 16.3 Å². The highest BCUT2D eigenvalue weighted by atomic mass is 127. The van der Waals surface area contributed by atoms with Crippen LogP contribution in [0.3, 0.4) is 0 Å². The number of halogens is 10. The number of rotatable bonds is 1. The number of hydrogen-bond acceptors (Lipinski definition) is 0. The molecule has 0 unspecified atom stereocenters. The van der Waals surface area contributed by atoms with Gasteiger partial charge in [-0.2, -0.15) is 35.1 Å². The predicted octanol–water partition coefficient (Wildman–Crippen LogP) is 4.83. The number of alkyl halides is 9. The van der Waals surface area contributed by atoms with Crippen LogP contribution in [0.2, 0.25) is 0 Å². The third-order valence-corrected chi connectivity index (χ3v) is 3.82. The van der Waals surface area contributed by atoms with Crippen LogP contribution in [0.1, 0.15) is 0 Å². The molecule has 0 heterocycles. The summed E-state index contributed by atoms with van der Waals surface area (Å²) in [5.74, 6) is 0. The zero-order valence-electron chi connectivity index (χ0n) is 6.28. The minimum Gasteiger partial charge on any atom is -0.189 e. The third kappa shape index (κ3) is 4.56. The van der Waals surface area contributed by atoms with Crippen molar-refractivity contribution in [2.45, 2.75) is 16.3 Å². The molecule has 0 spiro atoms. The summed E-state index contributed by atoms with van der Waals surface area (Å²) in [7, 11) is 0. The van der Waals surface area contributed by atoms with Crippen molar-refractivity contribution < 1.29 is 35.1 Å². The van der Waals surface area contributed by atoms with Crippen molar-refractivity contribution >= 4 is 45.2 Å². The molecular formula is C5F8I2. The van der Waals surface area contributed by atoms with Gasteiger partial charge in [0.2, 0.25) is 0 Å². The lowest BCUT2D eigenvalue weighted by Crippen LogP contribution is -2.29. The molecule has 0 aromatic heterocycles. The van der Waals surface area contributed by atoms with Gasteiger partial charge in [0.15, 0.2) is 5.57 Å². The molecule has 0 saturated heterocycles. The van der Waals surface area contributed by atoms with E-state index in [2.05, 4.69) is 0 Å². The maximum atomic E-state index is 12.3. The van der Waals surface area contributed by atoms with Crippen LogP contribution in [-0.4, -0.2) is 16.3 Å². The second-order valence-corrected chi connectivity index (χ2v) is 4.62. The highest BCUT2D eigenvalue weighted by Crippen LogP contribution is 2.48. The zero-order valence-corrected chi connectivity index (χ0v) is 10.6. The lowest BCUT2D eigenvalue weighted by Gasteiger charge is -2.19. The fourth-order valence-corrected chi connectivity index (χ4v) is 1.43. The van der Waals surface area contributed by atoms with Gasteiger partial charge in [-0.25, -0.2) is 0 Å². The van der Waals surface area contributed by atoms with E-state index in [1.54, 1.807) is 0 Å². The fraction of sp³-hybridized carbons (Fsp3) is 0.600. The first kappa shape index (κ1) is 15.6. The normalized spacial score (nSPS) is 14.0. The molecule has 0 saturated carbocycles. The summed E-state index contributed by atoms with van der Waals surface area (Å²) < 4.78 is 89.7. The van der Waals surface area contributed by atoms with E-state index in [-0.39, 0.29) is 22.6 Å². The Morgan fingerprint density at radius 3 is 1.07 bits per heavy atom. The molecule has 0 rings (SSSR count). The SMILES string of the molecule is FC(F)(F)C(=C(I)C(F)(F)I)C(F)(F)F. The monoisotopic (exact) mass is 466 g/mol. The van der Waals surface area contributed by atoms with Crippen LogP contribution >= 0.6 is 45.2 Å². The van der Waals surface area contributed by atoms with E-state index in [9.17, 15) is 35.1 Å². The molecule has 0 nitrogen and oxygen atoms in total. The van der Waals surface area contributed by atoms with Gasteiger partial charge in [0.25, 0.3) is 0 Å². The van der Waals surface area contributed by atoms with Crippen LogP contribution in [0.15, 0.2) is 9.15 Å². The van der Waals surface area contributed by atoms with Gasteiger partial charge in [0.05, 0.1) is 3.58 Å². The van der Waals surface area contributed by atoms with E-state index >= 15 is 0 Å². The van der Waals surface area contributed by atoms with E-state index in [1.165, 1.54) is 0 Å². The summed E-state index contributed by atoms with van der Waals surface area (Å²) in [6.07, 6.45) is -11.7. The average Bonchev–Trinajstić information content (AvgIpc) is 1.76. The number of allylic oxidation sites excluding steroid dienone is 2. The molecule has 0 N–H and O–H groups in total. The molecule has 0 aromatic rings. The lowest BCUT2D eigenvalue weighted by molar-refractivity contribution is -0.173. The van der Waals surface area contributed by atoms with Gasteiger partial charge in [0, 0.05) is 22.6 Å². The molecule has 0 aliphatic rings. The minimum absolute atomic E-state index is 0.199. The largest absolute Gasteiger partial charge is 0.422 e. The summed E-state index contributed by atoms with van der Waals surface area (Å²) in [5, 5.41) is 0. The van der Waals surface area contributed by atoms with E-state index < -0.39 is 25.4 Å². The summed E-state index contributed by atoms with van der Waals surface area (Å²) in [5.41, 5.74) is -3.17. The quantitative estimate of drug-likeness (QED) is 0.296. The Hall–Kier alpha value is 0.640. The van der Waals surface area contributed by atoms with E-state index in [1.807, 2.05) is 0 Å². The molecule has 0 bridgehead atoms. The van der Waals surface area contributed by atoms with Gasteiger partial charge in [-0.15, -0.1) is 0 Å². The van der Waals surface area contributed by atoms with Gasteiger partial charge < -0.3 is 0 Å². The van der Waals surface area contributed by atoms with Crippen molar-refractivity contribution in [3.63, 3.8) is 0 Å². The first-order valence-corrected chi connectivity index (χ1v) is 5.05. The Labute approximate surface area is 105 Å². The Morgan fingerprint density at radius 2 is 1.00 bits per heavy atom. The van der Waals surface area contributed by atoms with Crippen LogP contribution in [-0.2, 0) is 0 Å². The molecule has 0 aliphatic carbocycles. The van der Waals surface area contributed by atoms with E-state index in [4.69, 9.17) is 0 Å². The highest BCUT2D eigenvalue weighted by molar-refractivity contribution is 14.1. The first-order chi connectivity index (χ1) is 6.28. The zero-order chi connectivity index (χ0) is 12.7. The Balaban J connectivity index is 5.71. The van der Waals surface area contributed by atoms with Crippen LogP contribution in [0.4, 0.5) is 35.1 Å². The molecular weight excluding hydrogens is 466 g/mol. The van der Waals surface area contributed by atoms with Gasteiger partial charge in [0.1, 0.15) is 0 Å². The van der Waals surface area contributed by atoms with Crippen LogP contribution in [0.5, 0.6) is 0 Å². The van der Waals surface area contributed by atoms with Gasteiger partial charge in [-0.05, 0) is 22.6 Å². The third-order valence-electron chi connectivity index (χ3n) is 1.04. The molecule has 0 aliphatic heterocycles. The topological polar surface area (TPSA) is 0 Å². The Morgan fingerprint density at radius 1 is 0.733 bits per heavy atom. The Kier molecular flexibility index (Phi) is 4.68. The second kappa shape index (κ2) is 4.49. The maximum absolute atomic E-state index is 12.3. The van der Waals surface area contributed by atoms with Crippen molar-refractivity contribution in [1.82, 2.24) is 0 Å². The van der Waals surface area contributed by atoms with E-state index in [0.29, 0.717) is 22.6 Å². The lowest BCUT2D eigenvalue weighted by atomic mass is 10.2. The molecule has 0 atom stereocenters. The maximum Gasteiger partial charge on any atom is 0.422 e. The van der Waals surface area contributed by atoms with Crippen LogP contribution in [0.25, 0.3) is 0 Å². The van der Waals surface area contributed by atoms with E-state index in [0.717, 1.165) is 0 Å². The summed E-state index contributed by atoms with van der Waals surface area (Å²) in [4.78, 5) is 0. The second-order valence-electron chi connectivity index (χ2n) is 2.18. The fourth-order valence-electron chi connectivity index (χ4n) is 0.551.